The number of para-hydroxylation sites is 2. The molecule has 6 nitrogen and oxygen atoms in total. The van der Waals surface area contributed by atoms with Gasteiger partial charge in [-0.1, -0.05) is 12.1 Å². The Morgan fingerprint density at radius 1 is 1.18 bits per heavy atom. The Morgan fingerprint density at radius 2 is 1.94 bits per heavy atom. The number of nitrogens with zero attached hydrogens (tertiary/aromatic N) is 2. The molecule has 0 spiro atoms. The Kier molecular flexibility index (Phi) is 3.37. The fraction of sp³-hybridized carbons (Fsp3) is 0.0909. The molecule has 0 aliphatic carbocycles. The maximum Gasteiger partial charge on any atom is 0.224 e. The van der Waals surface area contributed by atoms with Crippen molar-refractivity contribution >= 4 is 5.82 Å². The number of rotatable bonds is 4. The highest BCUT2D eigenvalue weighted by Gasteiger charge is 2.05. The molecule has 1 aromatic heterocycles. The molecule has 6 heteroatoms. The predicted molar refractivity (Wildman–Crippen MR) is 62.9 cm³/mol. The minimum Gasteiger partial charge on any atom is -0.493 e. The highest BCUT2D eigenvalue weighted by Crippen LogP contribution is 2.30. The van der Waals surface area contributed by atoms with Crippen molar-refractivity contribution < 1.29 is 9.47 Å². The first kappa shape index (κ1) is 11.2. The normalized spacial score (nSPS) is 9.76. The predicted octanol–water partition coefficient (Wildman–Crippen LogP) is 1.56. The first-order chi connectivity index (χ1) is 8.33. The van der Waals surface area contributed by atoms with Crippen molar-refractivity contribution in [2.75, 3.05) is 12.5 Å². The number of ether oxygens (including phenoxy) is 2. The molecule has 88 valence electrons. The van der Waals surface area contributed by atoms with Gasteiger partial charge in [-0.2, -0.15) is 0 Å². The Bertz CT molecular complexity index is 504. The van der Waals surface area contributed by atoms with Crippen LogP contribution >= 0.6 is 0 Å². The third kappa shape index (κ3) is 2.61. The summed E-state index contributed by atoms with van der Waals surface area (Å²) in [6.45, 7) is 0. The highest BCUT2D eigenvalue weighted by atomic mass is 16.5. The number of nitrogens with two attached hydrogens (primary N) is 1. The van der Waals surface area contributed by atoms with Crippen LogP contribution in [0.1, 0.15) is 0 Å². The smallest absolute Gasteiger partial charge is 0.224 e. The van der Waals surface area contributed by atoms with Crippen LogP contribution in [-0.2, 0) is 0 Å². The Hall–Kier alpha value is -2.34. The zero-order valence-corrected chi connectivity index (χ0v) is 9.25. The van der Waals surface area contributed by atoms with Crippen molar-refractivity contribution in [3.8, 4) is 17.4 Å². The van der Waals surface area contributed by atoms with Crippen LogP contribution in [0.25, 0.3) is 0 Å². The van der Waals surface area contributed by atoms with Gasteiger partial charge in [0.1, 0.15) is 12.1 Å². The molecule has 0 atom stereocenters. The number of aromatic nitrogens is 2. The summed E-state index contributed by atoms with van der Waals surface area (Å²) in [4.78, 5) is 7.86. The summed E-state index contributed by atoms with van der Waals surface area (Å²) < 4.78 is 10.7. The van der Waals surface area contributed by atoms with E-state index in [1.165, 1.54) is 6.33 Å². The fourth-order valence-corrected chi connectivity index (χ4v) is 1.29. The van der Waals surface area contributed by atoms with E-state index >= 15 is 0 Å². The molecular weight excluding hydrogens is 220 g/mol. The zero-order valence-electron chi connectivity index (χ0n) is 9.25. The molecule has 0 fully saturated rings. The van der Waals surface area contributed by atoms with Crippen molar-refractivity contribution in [1.29, 1.82) is 0 Å². The maximum absolute atomic E-state index is 5.57. The van der Waals surface area contributed by atoms with Crippen molar-refractivity contribution in [2.24, 2.45) is 5.84 Å². The fourth-order valence-electron chi connectivity index (χ4n) is 1.29. The second kappa shape index (κ2) is 5.13. The molecule has 17 heavy (non-hydrogen) atoms. The topological polar surface area (TPSA) is 82.3 Å². The second-order valence-corrected chi connectivity index (χ2v) is 3.14. The number of nitrogen functional groups attached to an aromatic ring is 1. The van der Waals surface area contributed by atoms with E-state index in [9.17, 15) is 0 Å². The summed E-state index contributed by atoms with van der Waals surface area (Å²) in [5.41, 5.74) is 2.42. The number of hydrogen-bond acceptors (Lipinski definition) is 6. The third-order valence-corrected chi connectivity index (χ3v) is 2.07. The molecule has 2 aromatic rings. The Morgan fingerprint density at radius 3 is 2.65 bits per heavy atom. The van der Waals surface area contributed by atoms with Crippen LogP contribution in [0, 0.1) is 0 Å². The quantitative estimate of drug-likeness (QED) is 0.615. The number of methoxy groups -OCH3 is 1. The monoisotopic (exact) mass is 232 g/mol. The minimum absolute atomic E-state index is 0.387. The molecule has 0 aliphatic heterocycles. The second-order valence-electron chi connectivity index (χ2n) is 3.14. The van der Waals surface area contributed by atoms with Gasteiger partial charge in [-0.25, -0.2) is 15.8 Å². The average molecular weight is 232 g/mol. The minimum atomic E-state index is 0.387. The van der Waals surface area contributed by atoms with Gasteiger partial charge in [0.2, 0.25) is 5.88 Å². The summed E-state index contributed by atoms with van der Waals surface area (Å²) in [6, 6.07) is 8.89. The molecule has 0 bridgehead atoms. The first-order valence-electron chi connectivity index (χ1n) is 4.93. The van der Waals surface area contributed by atoms with Crippen LogP contribution < -0.4 is 20.7 Å². The molecular formula is C11H12N4O2. The van der Waals surface area contributed by atoms with Crippen molar-refractivity contribution in [3.63, 3.8) is 0 Å². The van der Waals surface area contributed by atoms with Gasteiger partial charge in [0.15, 0.2) is 11.5 Å². The number of hydrogen-bond donors (Lipinski definition) is 2. The van der Waals surface area contributed by atoms with E-state index in [1.54, 1.807) is 25.3 Å². The molecule has 0 radical (unpaired) electrons. The van der Waals surface area contributed by atoms with Gasteiger partial charge in [0.25, 0.3) is 0 Å². The van der Waals surface area contributed by atoms with Crippen LogP contribution in [0.15, 0.2) is 36.7 Å². The molecule has 1 aromatic carbocycles. The third-order valence-electron chi connectivity index (χ3n) is 2.07. The number of anilines is 1. The average Bonchev–Trinajstić information content (AvgIpc) is 2.39. The molecule has 0 aliphatic rings. The summed E-state index contributed by atoms with van der Waals surface area (Å²) in [7, 11) is 1.58. The standard InChI is InChI=1S/C11H12N4O2/c1-16-8-4-2-3-5-9(8)17-11-6-10(15-12)13-7-14-11/h2-7H,12H2,1H3,(H,13,14,15). The summed E-state index contributed by atoms with van der Waals surface area (Å²) in [5.74, 6) is 7.32. The van der Waals surface area contributed by atoms with Gasteiger partial charge in [-0.05, 0) is 12.1 Å². The summed E-state index contributed by atoms with van der Waals surface area (Å²) in [6.07, 6.45) is 1.36. The van der Waals surface area contributed by atoms with E-state index < -0.39 is 0 Å². The van der Waals surface area contributed by atoms with Crippen molar-refractivity contribution in [2.45, 2.75) is 0 Å². The zero-order chi connectivity index (χ0) is 12.1. The number of hydrazine groups is 1. The van der Waals surface area contributed by atoms with Gasteiger partial charge in [-0.3, -0.25) is 0 Å². The largest absolute Gasteiger partial charge is 0.493 e. The Balaban J connectivity index is 2.24. The van der Waals surface area contributed by atoms with Crippen LogP contribution in [0.4, 0.5) is 5.82 Å². The molecule has 3 N–H and O–H groups in total. The lowest BCUT2D eigenvalue weighted by Gasteiger charge is -2.09. The van der Waals surface area contributed by atoms with E-state index in [2.05, 4.69) is 15.4 Å². The van der Waals surface area contributed by atoms with E-state index in [4.69, 9.17) is 15.3 Å². The summed E-state index contributed by atoms with van der Waals surface area (Å²) in [5, 5.41) is 0. The summed E-state index contributed by atoms with van der Waals surface area (Å²) >= 11 is 0. The first-order valence-corrected chi connectivity index (χ1v) is 4.93. The van der Waals surface area contributed by atoms with Crippen LogP contribution in [-0.4, -0.2) is 17.1 Å². The van der Waals surface area contributed by atoms with Gasteiger partial charge in [-0.15, -0.1) is 0 Å². The molecule has 0 amide bonds. The molecule has 0 unspecified atom stereocenters. The number of benzene rings is 1. The van der Waals surface area contributed by atoms with Crippen LogP contribution in [0.3, 0.4) is 0 Å². The highest BCUT2D eigenvalue weighted by molar-refractivity contribution is 5.43. The van der Waals surface area contributed by atoms with Crippen molar-refractivity contribution in [3.05, 3.63) is 36.7 Å². The van der Waals surface area contributed by atoms with E-state index in [0.29, 0.717) is 23.2 Å². The van der Waals surface area contributed by atoms with Gasteiger partial charge < -0.3 is 14.9 Å². The molecule has 1 heterocycles. The molecule has 0 saturated heterocycles. The van der Waals surface area contributed by atoms with E-state index in [0.717, 1.165) is 0 Å². The lowest BCUT2D eigenvalue weighted by molar-refractivity contribution is 0.374. The Labute approximate surface area is 98.4 Å². The lowest BCUT2D eigenvalue weighted by atomic mass is 10.3. The maximum atomic E-state index is 5.57. The molecule has 2 rings (SSSR count). The lowest BCUT2D eigenvalue weighted by Crippen LogP contribution is -2.08. The van der Waals surface area contributed by atoms with Gasteiger partial charge >= 0.3 is 0 Å². The van der Waals surface area contributed by atoms with E-state index in [1.807, 2.05) is 12.1 Å². The number of nitrogens with one attached hydrogen (secondary N) is 1. The van der Waals surface area contributed by atoms with Gasteiger partial charge in [0, 0.05) is 6.07 Å². The van der Waals surface area contributed by atoms with Crippen LogP contribution in [0.2, 0.25) is 0 Å². The SMILES string of the molecule is COc1ccccc1Oc1cc(NN)ncn1. The van der Waals surface area contributed by atoms with Gasteiger partial charge in [0.05, 0.1) is 7.11 Å². The van der Waals surface area contributed by atoms with E-state index in [-0.39, 0.29) is 0 Å². The van der Waals surface area contributed by atoms with Crippen LogP contribution in [0.5, 0.6) is 17.4 Å². The molecule has 0 saturated carbocycles. The van der Waals surface area contributed by atoms with Crippen molar-refractivity contribution in [1.82, 2.24) is 9.97 Å².